The van der Waals surface area contributed by atoms with Crippen molar-refractivity contribution >= 4 is 16.8 Å². The number of carbonyl (C=O) groups is 1. The Labute approximate surface area is 192 Å². The molecule has 4 aromatic rings. The van der Waals surface area contributed by atoms with Crippen molar-refractivity contribution in [1.82, 2.24) is 14.5 Å². The first-order valence-electron chi connectivity index (χ1n) is 11.1. The predicted molar refractivity (Wildman–Crippen MR) is 131 cm³/mol. The zero-order valence-corrected chi connectivity index (χ0v) is 19.0. The van der Waals surface area contributed by atoms with E-state index in [9.17, 15) is 14.4 Å². The molecule has 0 fully saturated rings. The van der Waals surface area contributed by atoms with E-state index in [0.29, 0.717) is 22.5 Å². The van der Waals surface area contributed by atoms with Crippen molar-refractivity contribution in [3.63, 3.8) is 0 Å². The zero-order chi connectivity index (χ0) is 23.5. The fourth-order valence-corrected chi connectivity index (χ4v) is 3.97. The molecule has 1 amide bonds. The number of rotatable bonds is 6. The van der Waals surface area contributed by atoms with Crippen LogP contribution in [-0.4, -0.2) is 15.0 Å². The molecule has 0 aliphatic carbocycles. The molecule has 1 heterocycles. The van der Waals surface area contributed by atoms with Gasteiger partial charge in [-0.1, -0.05) is 68.4 Å². The summed E-state index contributed by atoms with van der Waals surface area (Å²) in [5, 5.41) is 3.33. The van der Waals surface area contributed by atoms with Gasteiger partial charge in [-0.05, 0) is 48.2 Å². The first-order chi connectivity index (χ1) is 15.9. The second kappa shape index (κ2) is 9.28. The molecule has 6 nitrogen and oxygen atoms in total. The van der Waals surface area contributed by atoms with Gasteiger partial charge >= 0.3 is 5.69 Å². The van der Waals surface area contributed by atoms with Crippen LogP contribution in [0.25, 0.3) is 16.6 Å². The molecular formula is C27H27N3O3. The second-order valence-corrected chi connectivity index (χ2v) is 8.47. The highest BCUT2D eigenvalue weighted by molar-refractivity contribution is 5.82. The van der Waals surface area contributed by atoms with Gasteiger partial charge in [0.1, 0.15) is 6.54 Å². The number of amides is 1. The maximum Gasteiger partial charge on any atom is 0.336 e. The third-order valence-electron chi connectivity index (χ3n) is 5.85. The summed E-state index contributed by atoms with van der Waals surface area (Å²) >= 11 is 0. The van der Waals surface area contributed by atoms with Gasteiger partial charge in [0.25, 0.3) is 5.56 Å². The summed E-state index contributed by atoms with van der Waals surface area (Å²) in [6.45, 7) is 5.87. The van der Waals surface area contributed by atoms with Gasteiger partial charge in [-0.15, -0.1) is 0 Å². The molecule has 1 atom stereocenters. The van der Waals surface area contributed by atoms with Gasteiger partial charge in [0.15, 0.2) is 0 Å². The Morgan fingerprint density at radius 1 is 0.818 bits per heavy atom. The molecule has 0 radical (unpaired) electrons. The topological polar surface area (TPSA) is 73.1 Å². The van der Waals surface area contributed by atoms with Crippen LogP contribution in [-0.2, 0) is 11.3 Å². The fraction of sp³-hybridized carbons (Fsp3) is 0.222. The van der Waals surface area contributed by atoms with E-state index in [4.69, 9.17) is 0 Å². The molecule has 0 aliphatic heterocycles. The first kappa shape index (κ1) is 22.3. The summed E-state index contributed by atoms with van der Waals surface area (Å²) in [5.41, 5.74) is 2.05. The minimum absolute atomic E-state index is 0.194. The van der Waals surface area contributed by atoms with E-state index >= 15 is 0 Å². The second-order valence-electron chi connectivity index (χ2n) is 8.47. The highest BCUT2D eigenvalue weighted by Crippen LogP contribution is 2.17. The predicted octanol–water partition coefficient (Wildman–Crippen LogP) is 4.15. The van der Waals surface area contributed by atoms with Crippen molar-refractivity contribution in [3.05, 3.63) is 111 Å². The van der Waals surface area contributed by atoms with Gasteiger partial charge < -0.3 is 5.32 Å². The Bertz CT molecular complexity index is 1400. The maximum atomic E-state index is 13.5. The number of para-hydroxylation sites is 1. The minimum atomic E-state index is -0.543. The van der Waals surface area contributed by atoms with Crippen LogP contribution in [0, 0.1) is 0 Å². The van der Waals surface area contributed by atoms with Gasteiger partial charge in [-0.3, -0.25) is 14.2 Å². The molecule has 0 saturated carbocycles. The largest absolute Gasteiger partial charge is 0.348 e. The molecule has 168 valence electrons. The van der Waals surface area contributed by atoms with Crippen LogP contribution < -0.4 is 16.6 Å². The Hall–Kier alpha value is -3.93. The minimum Gasteiger partial charge on any atom is -0.348 e. The molecule has 33 heavy (non-hydrogen) atoms. The van der Waals surface area contributed by atoms with Gasteiger partial charge in [-0.2, -0.15) is 0 Å². The molecular weight excluding hydrogens is 414 g/mol. The monoisotopic (exact) mass is 441 g/mol. The smallest absolute Gasteiger partial charge is 0.336 e. The number of fused-ring (bicyclic) bond motifs is 1. The third kappa shape index (κ3) is 4.51. The zero-order valence-electron chi connectivity index (χ0n) is 19.0. The standard InChI is InChI=1S/C27H27N3O3/c1-18(2)20-13-15-22(16-14-20)30-26(32)23-11-7-8-12-24(23)29(27(30)33)17-25(31)28-19(3)21-9-5-4-6-10-21/h4-16,18-19H,17H2,1-3H3,(H,28,31)/t19-/m1/s1. The molecule has 0 spiro atoms. The molecule has 0 bridgehead atoms. The van der Waals surface area contributed by atoms with Crippen molar-refractivity contribution in [2.45, 2.75) is 39.3 Å². The molecule has 0 unspecified atom stereocenters. The Kier molecular flexibility index (Phi) is 6.27. The number of hydrogen-bond donors (Lipinski definition) is 1. The van der Waals surface area contributed by atoms with Crippen LogP contribution in [0.2, 0.25) is 0 Å². The van der Waals surface area contributed by atoms with E-state index < -0.39 is 11.2 Å². The molecule has 3 aromatic carbocycles. The molecule has 0 aliphatic rings. The van der Waals surface area contributed by atoms with Gasteiger partial charge in [0.2, 0.25) is 5.91 Å². The van der Waals surface area contributed by atoms with Crippen LogP contribution in [0.15, 0.2) is 88.5 Å². The Balaban J connectivity index is 1.76. The molecule has 1 aromatic heterocycles. The normalized spacial score (nSPS) is 12.1. The lowest BCUT2D eigenvalue weighted by molar-refractivity contribution is -0.122. The third-order valence-corrected chi connectivity index (χ3v) is 5.85. The van der Waals surface area contributed by atoms with Crippen molar-refractivity contribution < 1.29 is 4.79 Å². The van der Waals surface area contributed by atoms with Crippen LogP contribution in [0.4, 0.5) is 0 Å². The van der Waals surface area contributed by atoms with E-state index in [2.05, 4.69) is 19.2 Å². The van der Waals surface area contributed by atoms with Crippen LogP contribution >= 0.6 is 0 Å². The highest BCUT2D eigenvalue weighted by Gasteiger charge is 2.17. The summed E-state index contributed by atoms with van der Waals surface area (Å²) in [4.78, 5) is 39.6. The lowest BCUT2D eigenvalue weighted by Gasteiger charge is -2.17. The van der Waals surface area contributed by atoms with Crippen molar-refractivity contribution in [1.29, 1.82) is 0 Å². The molecule has 0 saturated heterocycles. The number of carbonyl (C=O) groups excluding carboxylic acids is 1. The molecule has 6 heteroatoms. The summed E-state index contributed by atoms with van der Waals surface area (Å²) in [5.74, 6) is 0.0262. The van der Waals surface area contributed by atoms with E-state index in [1.807, 2.05) is 49.4 Å². The summed E-state index contributed by atoms with van der Waals surface area (Å²) in [6, 6.07) is 23.7. The fourth-order valence-electron chi connectivity index (χ4n) is 3.97. The van der Waals surface area contributed by atoms with Crippen LogP contribution in [0.3, 0.4) is 0 Å². The quantitative estimate of drug-likeness (QED) is 0.488. The highest BCUT2D eigenvalue weighted by atomic mass is 16.2. The Morgan fingerprint density at radius 2 is 1.45 bits per heavy atom. The maximum absolute atomic E-state index is 13.5. The van der Waals surface area contributed by atoms with Gasteiger partial charge in [-0.25, -0.2) is 9.36 Å². The van der Waals surface area contributed by atoms with E-state index in [1.54, 1.807) is 36.4 Å². The lowest BCUT2D eigenvalue weighted by atomic mass is 10.0. The molecule has 1 N–H and O–H groups in total. The number of hydrogen-bond acceptors (Lipinski definition) is 3. The first-order valence-corrected chi connectivity index (χ1v) is 11.1. The van der Waals surface area contributed by atoms with Gasteiger partial charge in [0.05, 0.1) is 22.6 Å². The van der Waals surface area contributed by atoms with E-state index in [1.165, 1.54) is 4.57 Å². The number of nitrogens with zero attached hydrogens (tertiary/aromatic N) is 2. The van der Waals surface area contributed by atoms with Crippen LogP contribution in [0.5, 0.6) is 0 Å². The number of nitrogens with one attached hydrogen (secondary N) is 1. The summed E-state index contributed by atoms with van der Waals surface area (Å²) in [6.07, 6.45) is 0. The summed E-state index contributed by atoms with van der Waals surface area (Å²) in [7, 11) is 0. The van der Waals surface area contributed by atoms with Gasteiger partial charge in [0, 0.05) is 0 Å². The SMILES string of the molecule is CC(C)c1ccc(-n2c(=O)c3ccccc3n(CC(=O)N[C@H](C)c3ccccc3)c2=O)cc1. The molecule has 4 rings (SSSR count). The van der Waals surface area contributed by atoms with Crippen LogP contribution in [0.1, 0.15) is 43.9 Å². The summed E-state index contributed by atoms with van der Waals surface area (Å²) < 4.78 is 2.50. The number of benzene rings is 3. The van der Waals surface area contributed by atoms with E-state index in [-0.39, 0.29) is 18.5 Å². The number of aromatic nitrogens is 2. The average Bonchev–Trinajstić information content (AvgIpc) is 2.82. The Morgan fingerprint density at radius 3 is 2.12 bits per heavy atom. The lowest BCUT2D eigenvalue weighted by Crippen LogP contribution is -2.42. The van der Waals surface area contributed by atoms with Crippen molar-refractivity contribution in [2.75, 3.05) is 0 Å². The van der Waals surface area contributed by atoms with E-state index in [0.717, 1.165) is 15.7 Å². The average molecular weight is 442 g/mol. The van der Waals surface area contributed by atoms with Crippen molar-refractivity contribution in [2.24, 2.45) is 0 Å². The van der Waals surface area contributed by atoms with Crippen molar-refractivity contribution in [3.8, 4) is 5.69 Å².